The quantitative estimate of drug-likeness (QED) is 0.152. The summed E-state index contributed by atoms with van der Waals surface area (Å²) in [4.78, 5) is 2.76. The Hall–Kier alpha value is -3.36. The summed E-state index contributed by atoms with van der Waals surface area (Å²) in [7, 11) is -1.42. The summed E-state index contributed by atoms with van der Waals surface area (Å²) >= 11 is 0. The molecule has 0 bridgehead atoms. The van der Waals surface area contributed by atoms with Crippen molar-refractivity contribution in [3.63, 3.8) is 0 Å². The molecule has 8 rings (SSSR count). The Kier molecular flexibility index (Phi) is 5.24. The van der Waals surface area contributed by atoms with Crippen molar-refractivity contribution in [2.45, 2.75) is 89.4 Å². The van der Waals surface area contributed by atoms with E-state index < -0.39 is 8.07 Å². The molecule has 0 saturated heterocycles. The molecule has 1 saturated carbocycles. The van der Waals surface area contributed by atoms with Crippen LogP contribution in [0.15, 0.2) is 84.9 Å². The zero-order chi connectivity index (χ0) is 29.2. The van der Waals surface area contributed by atoms with Crippen molar-refractivity contribution in [2.75, 3.05) is 4.90 Å². The molecule has 0 amide bonds. The van der Waals surface area contributed by atoms with Crippen molar-refractivity contribution < 1.29 is 0 Å². The molecule has 0 radical (unpaired) electrons. The maximum absolute atomic E-state index is 2.76. The average Bonchev–Trinajstić information content (AvgIpc) is 3.33. The Morgan fingerprint density at radius 3 is 2.21 bits per heavy atom. The molecule has 1 nitrogen and oxygen atoms in total. The minimum absolute atomic E-state index is 0.0540. The lowest BCUT2D eigenvalue weighted by atomic mass is 9.61. The standard InChI is InChI=1S/C40H43NSi/c1-38(2)33-20-19-30-29-13-9-8-12-26(29)14-17-31(30)37(33)32-18-15-27(24-34(32)38)41-36-21-16-28(42(5,6)7)25-35(36)39(3)22-10-11-23-40(39,41)4/h8-9,12-21,24-25H,10-11,22-23H2,1-7H3. The summed E-state index contributed by atoms with van der Waals surface area (Å²) in [6.45, 7) is 17.4. The van der Waals surface area contributed by atoms with Crippen LogP contribution in [-0.4, -0.2) is 13.6 Å². The van der Waals surface area contributed by atoms with Gasteiger partial charge in [0.1, 0.15) is 0 Å². The minimum Gasteiger partial charge on any atom is -0.334 e. The predicted molar refractivity (Wildman–Crippen MR) is 185 cm³/mol. The van der Waals surface area contributed by atoms with Gasteiger partial charge < -0.3 is 4.90 Å². The number of anilines is 2. The second kappa shape index (κ2) is 8.38. The zero-order valence-corrected chi connectivity index (χ0v) is 27.4. The molecule has 0 N–H and O–H groups in total. The zero-order valence-electron chi connectivity index (χ0n) is 26.4. The van der Waals surface area contributed by atoms with E-state index in [4.69, 9.17) is 0 Å². The first-order valence-corrected chi connectivity index (χ1v) is 19.5. The Morgan fingerprint density at radius 2 is 1.40 bits per heavy atom. The van der Waals surface area contributed by atoms with Gasteiger partial charge in [-0.2, -0.15) is 0 Å². The van der Waals surface area contributed by atoms with E-state index in [1.54, 1.807) is 10.8 Å². The monoisotopic (exact) mass is 565 g/mol. The van der Waals surface area contributed by atoms with Crippen LogP contribution in [0.4, 0.5) is 11.4 Å². The molecule has 1 aliphatic heterocycles. The lowest BCUT2D eigenvalue weighted by Crippen LogP contribution is -2.54. The van der Waals surface area contributed by atoms with Gasteiger partial charge in [-0.05, 0) is 87.3 Å². The Balaban J connectivity index is 1.34. The third-order valence-electron chi connectivity index (χ3n) is 11.8. The molecule has 2 heteroatoms. The highest BCUT2D eigenvalue weighted by atomic mass is 28.3. The Bertz CT molecular complexity index is 1940. The lowest BCUT2D eigenvalue weighted by molar-refractivity contribution is 0.195. The van der Waals surface area contributed by atoms with E-state index in [1.165, 1.54) is 80.9 Å². The first-order chi connectivity index (χ1) is 19.9. The normalized spacial score (nSPS) is 24.0. The molecular formula is C40H43NSi. The smallest absolute Gasteiger partial charge is 0.0776 e. The number of fused-ring (bicyclic) bond motifs is 10. The van der Waals surface area contributed by atoms with Gasteiger partial charge in [0, 0.05) is 22.2 Å². The second-order valence-electron chi connectivity index (χ2n) is 15.4. The van der Waals surface area contributed by atoms with Crippen LogP contribution >= 0.6 is 0 Å². The Morgan fingerprint density at radius 1 is 0.643 bits per heavy atom. The summed E-state index contributed by atoms with van der Waals surface area (Å²) in [5.41, 5.74) is 10.3. The average molecular weight is 566 g/mol. The van der Waals surface area contributed by atoms with Gasteiger partial charge in [0.2, 0.25) is 0 Å². The van der Waals surface area contributed by atoms with Crippen LogP contribution in [0, 0.1) is 0 Å². The van der Waals surface area contributed by atoms with Gasteiger partial charge in [-0.25, -0.2) is 0 Å². The van der Waals surface area contributed by atoms with Crippen LogP contribution in [-0.2, 0) is 10.8 Å². The molecule has 5 aromatic carbocycles. The maximum Gasteiger partial charge on any atom is 0.0776 e. The maximum atomic E-state index is 2.76. The van der Waals surface area contributed by atoms with Crippen molar-refractivity contribution in [1.29, 1.82) is 0 Å². The molecule has 3 aliphatic rings. The van der Waals surface area contributed by atoms with E-state index >= 15 is 0 Å². The van der Waals surface area contributed by atoms with Crippen LogP contribution in [0.1, 0.15) is 70.1 Å². The number of hydrogen-bond acceptors (Lipinski definition) is 1. The summed E-state index contributed by atoms with van der Waals surface area (Å²) in [6, 6.07) is 33.2. The van der Waals surface area contributed by atoms with Crippen LogP contribution in [0.25, 0.3) is 32.7 Å². The number of benzene rings is 5. The van der Waals surface area contributed by atoms with Gasteiger partial charge in [-0.1, -0.05) is 125 Å². The van der Waals surface area contributed by atoms with E-state index in [-0.39, 0.29) is 16.4 Å². The molecule has 2 aliphatic carbocycles. The van der Waals surface area contributed by atoms with Gasteiger partial charge >= 0.3 is 0 Å². The number of hydrogen-bond donors (Lipinski definition) is 0. The molecular weight excluding hydrogens is 523 g/mol. The van der Waals surface area contributed by atoms with E-state index in [1.807, 2.05) is 0 Å². The van der Waals surface area contributed by atoms with Crippen LogP contribution in [0.3, 0.4) is 0 Å². The van der Waals surface area contributed by atoms with Crippen LogP contribution in [0.5, 0.6) is 0 Å². The third-order valence-corrected chi connectivity index (χ3v) is 13.8. The largest absolute Gasteiger partial charge is 0.334 e. The highest BCUT2D eigenvalue weighted by molar-refractivity contribution is 6.88. The van der Waals surface area contributed by atoms with Crippen LogP contribution in [0.2, 0.25) is 19.6 Å². The van der Waals surface area contributed by atoms with Crippen LogP contribution < -0.4 is 10.1 Å². The summed E-state index contributed by atoms with van der Waals surface area (Å²) < 4.78 is 0. The van der Waals surface area contributed by atoms with E-state index in [0.717, 1.165) is 0 Å². The lowest BCUT2D eigenvalue weighted by Gasteiger charge is -2.50. The highest BCUT2D eigenvalue weighted by Gasteiger charge is 2.58. The van der Waals surface area contributed by atoms with Gasteiger partial charge in [0.15, 0.2) is 0 Å². The fourth-order valence-electron chi connectivity index (χ4n) is 9.06. The summed E-state index contributed by atoms with van der Waals surface area (Å²) in [5, 5.41) is 6.98. The predicted octanol–water partition coefficient (Wildman–Crippen LogP) is 10.6. The first kappa shape index (κ1) is 26.3. The van der Waals surface area contributed by atoms with Crippen molar-refractivity contribution >= 4 is 46.2 Å². The highest BCUT2D eigenvalue weighted by Crippen LogP contribution is 2.61. The first-order valence-electron chi connectivity index (χ1n) is 16.0. The molecule has 1 fully saturated rings. The van der Waals surface area contributed by atoms with Crippen molar-refractivity contribution in [3.8, 4) is 11.1 Å². The molecule has 42 heavy (non-hydrogen) atoms. The fourth-order valence-corrected chi connectivity index (χ4v) is 10.2. The minimum atomic E-state index is -1.42. The van der Waals surface area contributed by atoms with Crippen molar-refractivity contribution in [2.24, 2.45) is 0 Å². The number of rotatable bonds is 2. The molecule has 0 aromatic heterocycles. The van der Waals surface area contributed by atoms with E-state index in [0.29, 0.717) is 0 Å². The molecule has 0 spiro atoms. The van der Waals surface area contributed by atoms with E-state index in [9.17, 15) is 0 Å². The topological polar surface area (TPSA) is 3.24 Å². The van der Waals surface area contributed by atoms with Crippen molar-refractivity contribution in [1.82, 2.24) is 0 Å². The molecule has 2 unspecified atom stereocenters. The SMILES string of the molecule is CC1(C)c2cc(N3c4ccc([Si](C)(C)C)cc4C4(C)CCCCC34C)ccc2-c2c1ccc1c2ccc2ccccc21. The third kappa shape index (κ3) is 3.25. The second-order valence-corrected chi connectivity index (χ2v) is 20.4. The summed E-state index contributed by atoms with van der Waals surface area (Å²) in [6.07, 6.45) is 5.13. The van der Waals surface area contributed by atoms with Gasteiger partial charge in [-0.15, -0.1) is 0 Å². The van der Waals surface area contributed by atoms with Gasteiger partial charge in [-0.3, -0.25) is 0 Å². The Labute approximate surface area is 252 Å². The molecule has 2 atom stereocenters. The summed E-state index contributed by atoms with van der Waals surface area (Å²) in [5.74, 6) is 0. The van der Waals surface area contributed by atoms with E-state index in [2.05, 4.69) is 137 Å². The van der Waals surface area contributed by atoms with Gasteiger partial charge in [0.05, 0.1) is 13.6 Å². The van der Waals surface area contributed by atoms with Gasteiger partial charge in [0.25, 0.3) is 0 Å². The van der Waals surface area contributed by atoms with Crippen molar-refractivity contribution in [3.05, 3.63) is 102 Å². The molecule has 1 heterocycles. The molecule has 5 aromatic rings. The number of nitrogens with zero attached hydrogens (tertiary/aromatic N) is 1. The fraction of sp³-hybridized carbons (Fsp3) is 0.350. The molecule has 212 valence electrons.